The van der Waals surface area contributed by atoms with E-state index in [1.54, 1.807) is 0 Å². The Hall–Kier alpha value is 0.291. The van der Waals surface area contributed by atoms with Crippen molar-refractivity contribution in [1.29, 1.82) is 0 Å². The third-order valence-corrected chi connectivity index (χ3v) is 0. The predicted molar refractivity (Wildman–Crippen MR) is 8.78 cm³/mol. The Kier molecular flexibility index (Phi) is 24.4. The molecule has 4 nitrogen and oxygen atoms in total. The van der Waals surface area contributed by atoms with E-state index >= 15 is 0 Å². The summed E-state index contributed by atoms with van der Waals surface area (Å²) in [5, 5.41) is 13.6. The molecule has 0 aromatic heterocycles. The van der Waals surface area contributed by atoms with E-state index in [1.165, 1.54) is 0 Å². The van der Waals surface area contributed by atoms with Crippen molar-refractivity contribution in [3.8, 4) is 0 Å². The van der Waals surface area contributed by atoms with Crippen LogP contribution in [0, 0.1) is 10.1 Å². The van der Waals surface area contributed by atoms with Gasteiger partial charge in [-0.3, -0.25) is 0 Å². The largest absolute Gasteiger partial charge is 2.00 e. The van der Waals surface area contributed by atoms with Crippen molar-refractivity contribution in [2.24, 2.45) is 0 Å². The van der Waals surface area contributed by atoms with Crippen LogP contribution in [-0.2, 0) is 16.5 Å². The van der Waals surface area contributed by atoms with Gasteiger partial charge in [0.15, 0.2) is 0 Å². The molecule has 0 aliphatic rings. The van der Waals surface area contributed by atoms with Crippen LogP contribution in [0.4, 0.5) is 0 Å². The van der Waals surface area contributed by atoms with Gasteiger partial charge in [-0.25, -0.2) is 0 Å². The van der Waals surface area contributed by atoms with E-state index in [9.17, 15) is 0 Å². The molecule has 0 saturated carbocycles. The first-order valence-corrected chi connectivity index (χ1v) is 0.565. The van der Waals surface area contributed by atoms with Crippen LogP contribution in [-0.4, -0.2) is 10.3 Å². The van der Waals surface area contributed by atoms with Crippen molar-refractivity contribution < 1.29 is 45.6 Å². The van der Waals surface area contributed by atoms with Crippen molar-refractivity contribution in [2.45, 2.75) is 0 Å². The number of hydrogen-bond donors (Lipinski definition) is 1. The molecule has 6 heteroatoms. The fourth-order valence-corrected chi connectivity index (χ4v) is 0. The molecule has 0 aromatic carbocycles. The monoisotopic (exact) mass is 128 g/mol. The van der Waals surface area contributed by atoms with Crippen molar-refractivity contribution >= 4 is 0 Å². The van der Waals surface area contributed by atoms with Gasteiger partial charge >= 0.3 is 35.4 Å². The molecule has 1 N–H and O–H groups in total. The molecular formula is HLiNNiO3+3. The van der Waals surface area contributed by atoms with Gasteiger partial charge < -0.3 is 5.21 Å². The predicted octanol–water partition coefficient (Wildman–Crippen LogP) is -3.35. The Balaban J connectivity index is -0.0000000450. The minimum atomic E-state index is -1.50. The normalized spacial score (nSPS) is 4.00. The Labute approximate surface area is 56.1 Å². The number of rotatable bonds is 0. The molecule has 0 heterocycles. The van der Waals surface area contributed by atoms with Crippen LogP contribution in [0.25, 0.3) is 0 Å². The van der Waals surface area contributed by atoms with Crippen molar-refractivity contribution in [3.05, 3.63) is 10.1 Å². The maximum Gasteiger partial charge on any atom is 2.00 e. The van der Waals surface area contributed by atoms with Crippen LogP contribution in [0.2, 0.25) is 0 Å². The zero-order valence-corrected chi connectivity index (χ0v) is 4.01. The third-order valence-electron chi connectivity index (χ3n) is 0. The van der Waals surface area contributed by atoms with Gasteiger partial charge in [0.1, 0.15) is 0 Å². The fraction of sp³-hybridized carbons (Fsp3) is 0. The quantitative estimate of drug-likeness (QED) is 0.211. The molecule has 0 amide bonds. The van der Waals surface area contributed by atoms with Gasteiger partial charge in [-0.05, 0) is 0 Å². The zero-order valence-electron chi connectivity index (χ0n) is 3.03. The van der Waals surface area contributed by atoms with E-state index in [4.69, 9.17) is 15.3 Å². The summed E-state index contributed by atoms with van der Waals surface area (Å²) in [4.78, 5) is 8.36. The number of nitrogens with zero attached hydrogens (tertiary/aromatic N) is 1. The van der Waals surface area contributed by atoms with Crippen LogP contribution < -0.4 is 18.9 Å². The molecule has 0 atom stereocenters. The molecule has 0 saturated heterocycles. The fourth-order valence-electron chi connectivity index (χ4n) is 0. The minimum Gasteiger partial charge on any atom is -0.328 e. The van der Waals surface area contributed by atoms with Crippen LogP contribution in [0.3, 0.4) is 0 Å². The molecule has 0 spiro atoms. The zero-order chi connectivity index (χ0) is 3.58. The van der Waals surface area contributed by atoms with E-state index in [1.807, 2.05) is 0 Å². The van der Waals surface area contributed by atoms with Gasteiger partial charge in [0.25, 0.3) is 5.09 Å². The van der Waals surface area contributed by atoms with E-state index in [0.717, 1.165) is 0 Å². The second-order valence-corrected chi connectivity index (χ2v) is 0.238. The summed E-state index contributed by atoms with van der Waals surface area (Å²) in [7, 11) is 0. The molecule has 0 bridgehead atoms. The average molecular weight is 129 g/mol. The maximum absolute atomic E-state index is 8.36. The second-order valence-electron chi connectivity index (χ2n) is 0.238. The molecular weight excluding hydrogens is 128 g/mol. The first-order chi connectivity index (χ1) is 1.73. The molecule has 0 unspecified atom stereocenters. The summed E-state index contributed by atoms with van der Waals surface area (Å²) in [5.74, 6) is 0. The van der Waals surface area contributed by atoms with E-state index in [-0.39, 0.29) is 35.4 Å². The molecule has 0 rings (SSSR count). The summed E-state index contributed by atoms with van der Waals surface area (Å²) >= 11 is 0. The first kappa shape index (κ1) is 16.3. The topological polar surface area (TPSA) is 63.4 Å². The standard InChI is InChI=1S/Li.HNO3.Ni/c;2-1(3)4;/h;(H,2,3,4);/q+1;;+2. The Morgan fingerprint density at radius 3 is 1.67 bits per heavy atom. The second kappa shape index (κ2) is 8.99. The molecule has 0 fully saturated rings. The minimum absolute atomic E-state index is 0. The first-order valence-electron chi connectivity index (χ1n) is 0.565. The average Bonchev–Trinajstić information content (AvgIpc) is 0.811. The van der Waals surface area contributed by atoms with Crippen LogP contribution in [0.5, 0.6) is 0 Å². The molecule has 0 aromatic rings. The summed E-state index contributed by atoms with van der Waals surface area (Å²) in [6.45, 7) is 0. The Morgan fingerprint density at radius 1 is 1.67 bits per heavy atom. The van der Waals surface area contributed by atoms with Gasteiger partial charge in [-0.1, -0.05) is 0 Å². The van der Waals surface area contributed by atoms with Crippen LogP contribution >= 0.6 is 0 Å². The Bertz CT molecular complexity index is 33.8. The van der Waals surface area contributed by atoms with Crippen molar-refractivity contribution in [3.63, 3.8) is 0 Å². The van der Waals surface area contributed by atoms with Gasteiger partial charge in [0, 0.05) is 0 Å². The Morgan fingerprint density at radius 2 is 1.67 bits per heavy atom. The number of hydrogen-bond acceptors (Lipinski definition) is 2. The van der Waals surface area contributed by atoms with Crippen molar-refractivity contribution in [2.75, 3.05) is 0 Å². The maximum atomic E-state index is 8.36. The van der Waals surface area contributed by atoms with Gasteiger partial charge in [0.05, 0.1) is 0 Å². The summed E-state index contributed by atoms with van der Waals surface area (Å²) < 4.78 is 0. The van der Waals surface area contributed by atoms with E-state index in [2.05, 4.69) is 0 Å². The molecule has 32 valence electrons. The van der Waals surface area contributed by atoms with Gasteiger partial charge in [0.2, 0.25) is 0 Å². The molecule has 0 aliphatic heterocycles. The van der Waals surface area contributed by atoms with Gasteiger partial charge in [-0.2, -0.15) is 0 Å². The third kappa shape index (κ3) is 549. The smallest absolute Gasteiger partial charge is 0.328 e. The van der Waals surface area contributed by atoms with Gasteiger partial charge in [-0.15, -0.1) is 10.1 Å². The van der Waals surface area contributed by atoms with Crippen LogP contribution in [0.1, 0.15) is 0 Å². The summed E-state index contributed by atoms with van der Waals surface area (Å²) in [6, 6.07) is 0. The van der Waals surface area contributed by atoms with E-state index in [0.29, 0.717) is 0 Å². The SMILES string of the molecule is O=[N+]([O-])O.[Li+].[Ni+2]. The van der Waals surface area contributed by atoms with E-state index < -0.39 is 5.09 Å². The molecule has 0 aliphatic carbocycles. The molecule has 6 heavy (non-hydrogen) atoms. The summed E-state index contributed by atoms with van der Waals surface area (Å²) in [5.41, 5.74) is 0. The van der Waals surface area contributed by atoms with Crippen LogP contribution in [0.15, 0.2) is 0 Å². The summed E-state index contributed by atoms with van der Waals surface area (Å²) in [6.07, 6.45) is 0. The van der Waals surface area contributed by atoms with Crippen molar-refractivity contribution in [1.82, 2.24) is 0 Å². The molecule has 0 radical (unpaired) electrons.